The van der Waals surface area contributed by atoms with E-state index in [0.29, 0.717) is 63.4 Å². The molecule has 0 saturated carbocycles. The number of carbonyl (C=O) groups excluding carboxylic acids is 4. The van der Waals surface area contributed by atoms with Gasteiger partial charge in [0.15, 0.2) is 5.76 Å². The molecule has 3 atom stereocenters. The first-order chi connectivity index (χ1) is 18.1. The van der Waals surface area contributed by atoms with Crippen LogP contribution in [0, 0.1) is 6.92 Å². The first-order valence-corrected chi connectivity index (χ1v) is 12.9. The largest absolute Gasteiger partial charge is 0.519 e. The number of fused-ring (bicyclic) bond motifs is 1. The highest BCUT2D eigenvalue weighted by molar-refractivity contribution is 5.93. The summed E-state index contributed by atoms with van der Waals surface area (Å²) in [5.74, 6) is -1.69. The Balaban J connectivity index is 1.46. The summed E-state index contributed by atoms with van der Waals surface area (Å²) in [6, 6.07) is -2.39. The molecule has 3 aliphatic heterocycles. The lowest BCUT2D eigenvalue weighted by Crippen LogP contribution is -2.62. The lowest BCUT2D eigenvalue weighted by Gasteiger charge is -2.39. The number of nitrogens with zero attached hydrogens (tertiary/aromatic N) is 3. The highest BCUT2D eigenvalue weighted by atomic mass is 16.6. The van der Waals surface area contributed by atoms with E-state index in [4.69, 9.17) is 19.3 Å². The van der Waals surface area contributed by atoms with E-state index in [-0.39, 0.29) is 37.7 Å². The molecule has 0 bridgehead atoms. The van der Waals surface area contributed by atoms with Crippen LogP contribution in [0.3, 0.4) is 0 Å². The average Bonchev–Trinajstić information content (AvgIpc) is 3.41. The minimum absolute atomic E-state index is 0.0206. The van der Waals surface area contributed by atoms with Gasteiger partial charge in [-0.1, -0.05) is 0 Å². The van der Waals surface area contributed by atoms with Crippen molar-refractivity contribution in [1.82, 2.24) is 25.3 Å². The summed E-state index contributed by atoms with van der Waals surface area (Å²) < 4.78 is 15.2. The van der Waals surface area contributed by atoms with Gasteiger partial charge in [-0.3, -0.25) is 19.3 Å². The minimum Gasteiger partial charge on any atom is -0.396 e. The van der Waals surface area contributed by atoms with Gasteiger partial charge in [0.05, 0.1) is 19.6 Å². The van der Waals surface area contributed by atoms with Crippen molar-refractivity contribution in [2.45, 2.75) is 69.7 Å². The number of rotatable bonds is 7. The zero-order valence-corrected chi connectivity index (χ0v) is 21.8. The fourth-order valence-corrected chi connectivity index (χ4v) is 5.36. The van der Waals surface area contributed by atoms with Crippen LogP contribution in [0.1, 0.15) is 43.6 Å². The molecule has 1 aromatic rings. The number of hydrogen-bond acceptors (Lipinski definition) is 9. The molecule has 1 aromatic heterocycles. The van der Waals surface area contributed by atoms with Crippen molar-refractivity contribution in [3.8, 4) is 0 Å². The third-order valence-electron chi connectivity index (χ3n) is 7.35. The third-order valence-corrected chi connectivity index (χ3v) is 7.35. The van der Waals surface area contributed by atoms with Crippen LogP contribution in [-0.4, -0.2) is 103 Å². The summed E-state index contributed by atoms with van der Waals surface area (Å²) in [5, 5.41) is 5.77. The third kappa shape index (κ3) is 6.54. The van der Waals surface area contributed by atoms with Crippen molar-refractivity contribution in [2.75, 3.05) is 39.9 Å². The van der Waals surface area contributed by atoms with Gasteiger partial charge in [0.25, 0.3) is 0 Å². The zero-order chi connectivity index (χ0) is 27.4. The predicted molar refractivity (Wildman–Crippen MR) is 132 cm³/mol. The van der Waals surface area contributed by atoms with E-state index >= 15 is 0 Å². The van der Waals surface area contributed by atoms with Crippen molar-refractivity contribution >= 4 is 23.8 Å². The van der Waals surface area contributed by atoms with Crippen molar-refractivity contribution in [3.05, 3.63) is 22.1 Å². The number of primary amides is 1. The fourth-order valence-electron chi connectivity index (χ4n) is 5.36. The molecule has 14 heteroatoms. The van der Waals surface area contributed by atoms with Crippen molar-refractivity contribution in [1.29, 1.82) is 0 Å². The minimum atomic E-state index is -1.06. The Morgan fingerprint density at radius 3 is 2.45 bits per heavy atom. The van der Waals surface area contributed by atoms with Gasteiger partial charge < -0.3 is 39.7 Å². The number of aryl methyl sites for hydroxylation is 1. The van der Waals surface area contributed by atoms with Crippen molar-refractivity contribution < 1.29 is 32.7 Å². The van der Waals surface area contributed by atoms with Crippen LogP contribution in [0.4, 0.5) is 4.79 Å². The zero-order valence-electron chi connectivity index (χ0n) is 21.8. The molecule has 210 valence electrons. The summed E-state index contributed by atoms with van der Waals surface area (Å²) in [6.45, 7) is 3.07. The molecule has 3 fully saturated rings. The van der Waals surface area contributed by atoms with E-state index in [2.05, 4.69) is 10.6 Å². The maximum absolute atomic E-state index is 13.7. The summed E-state index contributed by atoms with van der Waals surface area (Å²) in [6.07, 6.45) is 2.96. The molecule has 3 unspecified atom stereocenters. The van der Waals surface area contributed by atoms with Gasteiger partial charge in [0.2, 0.25) is 17.7 Å². The highest BCUT2D eigenvalue weighted by Crippen LogP contribution is 2.29. The predicted octanol–water partition coefficient (Wildman–Crippen LogP) is -1.10. The average molecular weight is 537 g/mol. The Morgan fingerprint density at radius 1 is 1.05 bits per heavy atom. The number of carbonyl (C=O) groups is 4. The number of amides is 5. The monoisotopic (exact) mass is 536 g/mol. The molecule has 0 radical (unpaired) electrons. The summed E-state index contributed by atoms with van der Waals surface area (Å²) >= 11 is 0. The second-order valence-electron chi connectivity index (χ2n) is 10.2. The van der Waals surface area contributed by atoms with Gasteiger partial charge in [-0.25, -0.2) is 9.59 Å². The highest BCUT2D eigenvalue weighted by Gasteiger charge is 2.44. The molecule has 4 heterocycles. The standard InChI is InChI=1S/C24H36N6O8/c1-14-19(38-24(35)37-14)12-28(2)13-20(31)27-17-11-29(23(34)26-15-6-9-36-10-7-15)8-5-16-3-4-18(21(25)32)30(16)22(17)33/h15-18H,3-13H2,1-2H3,(H2,25,32)(H,26,34)(H,27,31). The Morgan fingerprint density at radius 2 is 1.79 bits per heavy atom. The lowest BCUT2D eigenvalue weighted by molar-refractivity contribution is -0.144. The Labute approximate surface area is 219 Å². The molecule has 4 rings (SSSR count). The first-order valence-electron chi connectivity index (χ1n) is 12.9. The van der Waals surface area contributed by atoms with Crippen LogP contribution in [0.5, 0.6) is 0 Å². The van der Waals surface area contributed by atoms with Crippen LogP contribution < -0.4 is 22.2 Å². The van der Waals surface area contributed by atoms with E-state index in [0.717, 1.165) is 0 Å². The molecule has 14 nitrogen and oxygen atoms in total. The molecular weight excluding hydrogens is 500 g/mol. The maximum Gasteiger partial charge on any atom is 0.519 e. The second kappa shape index (κ2) is 12.0. The molecule has 0 aliphatic carbocycles. The molecule has 0 aromatic carbocycles. The number of hydrogen-bond donors (Lipinski definition) is 3. The van der Waals surface area contributed by atoms with Gasteiger partial charge >= 0.3 is 11.9 Å². The molecule has 3 aliphatic rings. The summed E-state index contributed by atoms with van der Waals surface area (Å²) in [7, 11) is 1.65. The lowest BCUT2D eigenvalue weighted by atomic mass is 10.1. The van der Waals surface area contributed by atoms with Crippen LogP contribution in [0.2, 0.25) is 0 Å². The number of nitrogens with one attached hydrogen (secondary N) is 2. The van der Waals surface area contributed by atoms with Gasteiger partial charge in [0, 0.05) is 31.8 Å². The molecule has 38 heavy (non-hydrogen) atoms. The van der Waals surface area contributed by atoms with E-state index in [1.807, 2.05) is 0 Å². The normalized spacial score (nSPS) is 24.6. The van der Waals surface area contributed by atoms with Crippen LogP contribution in [0.25, 0.3) is 0 Å². The van der Waals surface area contributed by atoms with Gasteiger partial charge in [0.1, 0.15) is 17.8 Å². The molecule has 5 amide bonds. The van der Waals surface area contributed by atoms with Crippen LogP contribution >= 0.6 is 0 Å². The van der Waals surface area contributed by atoms with Gasteiger partial charge in [-0.15, -0.1) is 0 Å². The van der Waals surface area contributed by atoms with Crippen LogP contribution in [-0.2, 0) is 25.7 Å². The molecular formula is C24H36N6O8. The van der Waals surface area contributed by atoms with E-state index in [9.17, 15) is 24.0 Å². The summed E-state index contributed by atoms with van der Waals surface area (Å²) in [4.78, 5) is 67.8. The van der Waals surface area contributed by atoms with E-state index < -0.39 is 35.6 Å². The maximum atomic E-state index is 13.7. The topological polar surface area (TPSA) is 181 Å². The smallest absolute Gasteiger partial charge is 0.396 e. The number of likely N-dealkylation sites (N-methyl/N-ethyl adjacent to an activating group) is 1. The quantitative estimate of drug-likeness (QED) is 0.390. The van der Waals surface area contributed by atoms with Gasteiger partial charge in [-0.05, 0) is 46.1 Å². The Hall–Kier alpha value is -3.39. The molecule has 4 N–H and O–H groups in total. The first kappa shape index (κ1) is 27.6. The number of nitrogens with two attached hydrogens (primary N) is 1. The Kier molecular flexibility index (Phi) is 8.72. The van der Waals surface area contributed by atoms with Crippen LogP contribution in [0.15, 0.2) is 13.6 Å². The molecule has 3 saturated heterocycles. The Bertz CT molecular complexity index is 1100. The number of ether oxygens (including phenoxy) is 1. The molecule has 0 spiro atoms. The van der Waals surface area contributed by atoms with Gasteiger partial charge in [-0.2, -0.15) is 0 Å². The van der Waals surface area contributed by atoms with E-state index in [1.54, 1.807) is 23.8 Å². The summed E-state index contributed by atoms with van der Waals surface area (Å²) in [5.41, 5.74) is 5.59. The van der Waals surface area contributed by atoms with E-state index in [1.165, 1.54) is 4.90 Å². The van der Waals surface area contributed by atoms with Crippen molar-refractivity contribution in [2.24, 2.45) is 5.73 Å². The number of urea groups is 1. The second-order valence-corrected chi connectivity index (χ2v) is 10.2. The van der Waals surface area contributed by atoms with Crippen molar-refractivity contribution in [3.63, 3.8) is 0 Å². The fraction of sp³-hybridized carbons (Fsp3) is 0.708. The SMILES string of the molecule is Cc1oc(=O)oc1CN(C)CC(=O)NC1CN(C(=O)NC2CCOCC2)CCC2CCC(C(N)=O)N2C1=O.